The normalized spacial score (nSPS) is 12.4. The lowest BCUT2D eigenvalue weighted by molar-refractivity contribution is 0.465. The van der Waals surface area contributed by atoms with Gasteiger partial charge in [0.25, 0.3) is 40.5 Å². The third-order valence-corrected chi connectivity index (χ3v) is 17.9. The van der Waals surface area contributed by atoms with Crippen LogP contribution in [0.5, 0.6) is 0 Å². The van der Waals surface area contributed by atoms with Gasteiger partial charge in [0.2, 0.25) is 0 Å². The molecule has 0 radical (unpaired) electrons. The molecule has 0 atom stereocenters. The van der Waals surface area contributed by atoms with Crippen molar-refractivity contribution >= 4 is 62.0 Å². The van der Waals surface area contributed by atoms with Gasteiger partial charge in [0.15, 0.2) is 0 Å². The van der Waals surface area contributed by atoms with Crippen molar-refractivity contribution < 1.29 is 51.9 Å². The van der Waals surface area contributed by atoms with Crippen molar-refractivity contribution in [2.75, 3.05) is 0 Å². The predicted octanol–water partition coefficient (Wildman–Crippen LogP) is 15.8. The lowest BCUT2D eigenvalue weighted by Gasteiger charge is -2.20. The van der Waals surface area contributed by atoms with Gasteiger partial charge in [-0.15, -0.1) is 0 Å². The Morgan fingerprint density at radius 2 is 0.458 bits per heavy atom. The largest absolute Gasteiger partial charge is 0.296 e. The van der Waals surface area contributed by atoms with Crippen LogP contribution in [-0.4, -0.2) is 51.9 Å². The Balaban J connectivity index is 0.000000380. The molecular formula is C56H88O12S4. The van der Waals surface area contributed by atoms with Crippen LogP contribution in [0.2, 0.25) is 0 Å². The summed E-state index contributed by atoms with van der Waals surface area (Å²) in [4.78, 5) is -2.70. The molecule has 408 valence electrons. The van der Waals surface area contributed by atoms with Crippen molar-refractivity contribution in [3.8, 4) is 0 Å². The number of aryl methyl sites for hydroxylation is 2. The molecule has 0 fully saturated rings. The second kappa shape index (κ2) is 32.5. The standard InChI is InChI=1S/2C28H44O6S2/c2*1-3-5-7-9-11-13-15-19-23-24-20-17-18-22-26(24)28(36(32,33)34)27(35(29,30)31)25(23)21-16-14-12-10-8-6-4-2/h2*17-18,20,22H,3-16,19,21H2,1-2H3,(H,29,30,31)(H,32,33,34). The Kier molecular flexibility index (Phi) is 28.6. The SMILES string of the molecule is CCCCCCCCCc1c(S(=O)(=O)O)c(S(=O)(=O)O)c2ccccc2c1CCCCCCCCC.CCCCCCCCCc1c(S(=O)(=O)O)c(S(=O)(=O)O)c2ccccc2c1CCCCCCCCC. The fourth-order valence-corrected chi connectivity index (χ4v) is 14.9. The number of benzene rings is 4. The van der Waals surface area contributed by atoms with Crippen LogP contribution in [0.25, 0.3) is 21.5 Å². The average molecular weight is 1080 g/mol. The summed E-state index contributed by atoms with van der Waals surface area (Å²) >= 11 is 0. The topological polar surface area (TPSA) is 217 Å². The van der Waals surface area contributed by atoms with Crippen molar-refractivity contribution in [1.82, 2.24) is 0 Å². The quantitative estimate of drug-likeness (QED) is 0.0247. The number of rotatable bonds is 36. The van der Waals surface area contributed by atoms with E-state index in [0.29, 0.717) is 60.4 Å². The zero-order valence-corrected chi connectivity index (χ0v) is 47.2. The first-order valence-electron chi connectivity index (χ1n) is 27.3. The van der Waals surface area contributed by atoms with E-state index in [2.05, 4.69) is 27.7 Å². The molecule has 12 nitrogen and oxygen atoms in total. The molecule has 0 saturated carbocycles. The summed E-state index contributed by atoms with van der Waals surface area (Å²) < 4.78 is 140. The molecule has 0 saturated heterocycles. The summed E-state index contributed by atoms with van der Waals surface area (Å²) in [5.41, 5.74) is 2.21. The molecule has 0 aliphatic heterocycles. The minimum atomic E-state index is -4.91. The lowest BCUT2D eigenvalue weighted by atomic mass is 9.91. The molecule has 4 aromatic carbocycles. The molecule has 0 heterocycles. The molecular weight excluding hydrogens is 993 g/mol. The minimum absolute atomic E-state index is 0.133. The van der Waals surface area contributed by atoms with E-state index in [1.165, 1.54) is 76.3 Å². The average Bonchev–Trinajstić information content (AvgIpc) is 3.31. The van der Waals surface area contributed by atoms with Crippen LogP contribution < -0.4 is 0 Å². The molecule has 0 aromatic heterocycles. The van der Waals surface area contributed by atoms with Gasteiger partial charge in [0.05, 0.1) is 0 Å². The monoisotopic (exact) mass is 1080 g/mol. The zero-order valence-electron chi connectivity index (χ0n) is 43.9. The van der Waals surface area contributed by atoms with Crippen molar-refractivity contribution in [2.45, 2.75) is 253 Å². The summed E-state index contributed by atoms with van der Waals surface area (Å²) in [6, 6.07) is 13.4. The maximum Gasteiger partial charge on any atom is 0.296 e. The molecule has 4 rings (SSSR count). The summed E-state index contributed by atoms with van der Waals surface area (Å²) in [6.07, 6.45) is 31.7. The van der Waals surface area contributed by atoms with E-state index >= 15 is 0 Å². The van der Waals surface area contributed by atoms with E-state index in [1.807, 2.05) is 0 Å². The Morgan fingerprint density at radius 3 is 0.681 bits per heavy atom. The Bertz CT molecular complexity index is 2530. The maximum absolute atomic E-state index is 12.6. The highest BCUT2D eigenvalue weighted by Crippen LogP contribution is 2.40. The lowest BCUT2D eigenvalue weighted by Crippen LogP contribution is -2.15. The summed E-state index contributed by atoms with van der Waals surface area (Å²) in [5.74, 6) is 0. The molecule has 16 heteroatoms. The van der Waals surface area contributed by atoms with Crippen LogP contribution in [-0.2, 0) is 66.2 Å². The van der Waals surface area contributed by atoms with Crippen LogP contribution in [0, 0.1) is 0 Å². The third kappa shape index (κ3) is 20.6. The van der Waals surface area contributed by atoms with Gasteiger partial charge in [-0.1, -0.05) is 230 Å². The van der Waals surface area contributed by atoms with Crippen LogP contribution in [0.1, 0.15) is 230 Å². The van der Waals surface area contributed by atoms with Crippen LogP contribution >= 0.6 is 0 Å². The van der Waals surface area contributed by atoms with Gasteiger partial charge in [0.1, 0.15) is 19.6 Å². The molecule has 0 spiro atoms. The molecule has 0 aliphatic rings. The van der Waals surface area contributed by atoms with Gasteiger partial charge in [0, 0.05) is 10.8 Å². The van der Waals surface area contributed by atoms with E-state index in [-0.39, 0.29) is 10.8 Å². The predicted molar refractivity (Wildman–Crippen MR) is 294 cm³/mol. The van der Waals surface area contributed by atoms with Crippen molar-refractivity contribution in [2.24, 2.45) is 0 Å². The van der Waals surface area contributed by atoms with Crippen LogP contribution in [0.15, 0.2) is 68.1 Å². The Hall–Kier alpha value is -2.96. The Labute approximate surface area is 435 Å². The van der Waals surface area contributed by atoms with Gasteiger partial charge < -0.3 is 0 Å². The smallest absolute Gasteiger partial charge is 0.282 e. The molecule has 72 heavy (non-hydrogen) atoms. The highest BCUT2D eigenvalue weighted by molar-refractivity contribution is 7.89. The minimum Gasteiger partial charge on any atom is -0.282 e. The zero-order chi connectivity index (χ0) is 53.2. The number of fused-ring (bicyclic) bond motifs is 2. The first-order valence-corrected chi connectivity index (χ1v) is 33.0. The highest BCUT2D eigenvalue weighted by Gasteiger charge is 2.34. The Morgan fingerprint density at radius 1 is 0.264 bits per heavy atom. The van der Waals surface area contributed by atoms with Crippen molar-refractivity contribution in [1.29, 1.82) is 0 Å². The molecule has 0 bridgehead atoms. The second-order valence-corrected chi connectivity index (χ2v) is 25.1. The van der Waals surface area contributed by atoms with Crippen molar-refractivity contribution in [3.63, 3.8) is 0 Å². The van der Waals surface area contributed by atoms with E-state index in [0.717, 1.165) is 114 Å². The summed E-state index contributed by atoms with van der Waals surface area (Å²) in [6.45, 7) is 8.69. The first-order chi connectivity index (χ1) is 34.2. The van der Waals surface area contributed by atoms with Crippen LogP contribution in [0.4, 0.5) is 0 Å². The van der Waals surface area contributed by atoms with Crippen molar-refractivity contribution in [3.05, 3.63) is 70.8 Å². The van der Waals surface area contributed by atoms with E-state index in [1.54, 1.807) is 36.4 Å². The molecule has 0 amide bonds. The number of unbranched alkanes of at least 4 members (excludes halogenated alkanes) is 24. The highest BCUT2D eigenvalue weighted by atomic mass is 32.2. The number of hydrogen-bond acceptors (Lipinski definition) is 8. The molecule has 0 aliphatic carbocycles. The van der Waals surface area contributed by atoms with Gasteiger partial charge in [-0.3, -0.25) is 18.2 Å². The van der Waals surface area contributed by atoms with Crippen LogP contribution in [0.3, 0.4) is 0 Å². The number of hydrogen-bond donors (Lipinski definition) is 4. The molecule has 0 unspecified atom stereocenters. The molecule has 4 aromatic rings. The molecule has 4 N–H and O–H groups in total. The first kappa shape index (κ1) is 63.3. The summed E-state index contributed by atoms with van der Waals surface area (Å²) in [5, 5.41) is 1.52. The van der Waals surface area contributed by atoms with E-state index in [4.69, 9.17) is 0 Å². The fraction of sp³-hybridized carbons (Fsp3) is 0.643. The van der Waals surface area contributed by atoms with E-state index in [9.17, 15) is 51.9 Å². The van der Waals surface area contributed by atoms with E-state index < -0.39 is 60.1 Å². The second-order valence-electron chi connectivity index (χ2n) is 19.7. The van der Waals surface area contributed by atoms with Gasteiger partial charge in [-0.25, -0.2) is 0 Å². The summed E-state index contributed by atoms with van der Waals surface area (Å²) in [7, 11) is -19.6. The fourth-order valence-electron chi connectivity index (χ4n) is 10.2. The third-order valence-electron chi connectivity index (χ3n) is 13.8. The van der Waals surface area contributed by atoms with Gasteiger partial charge >= 0.3 is 0 Å². The maximum atomic E-state index is 12.6. The van der Waals surface area contributed by atoms with Gasteiger partial charge in [-0.2, -0.15) is 33.7 Å². The van der Waals surface area contributed by atoms with Gasteiger partial charge in [-0.05, 0) is 84.4 Å².